The molecule has 17 heavy (non-hydrogen) atoms. The van der Waals surface area contributed by atoms with Crippen LogP contribution in [0.3, 0.4) is 0 Å². The molecule has 1 unspecified atom stereocenters. The van der Waals surface area contributed by atoms with Crippen LogP contribution in [0.4, 0.5) is 0 Å². The van der Waals surface area contributed by atoms with E-state index in [2.05, 4.69) is 20.6 Å². The van der Waals surface area contributed by atoms with Crippen molar-refractivity contribution in [3.63, 3.8) is 0 Å². The molecule has 0 radical (unpaired) electrons. The van der Waals surface area contributed by atoms with Gasteiger partial charge in [0.1, 0.15) is 5.01 Å². The molecule has 1 atom stereocenters. The van der Waals surface area contributed by atoms with Crippen molar-refractivity contribution in [1.29, 1.82) is 0 Å². The van der Waals surface area contributed by atoms with Gasteiger partial charge in [-0.1, -0.05) is 0 Å². The number of thiazole rings is 1. The smallest absolute Gasteiger partial charge is 0.107 e. The van der Waals surface area contributed by atoms with Gasteiger partial charge in [0.2, 0.25) is 0 Å². The predicted octanol–water partition coefficient (Wildman–Crippen LogP) is 2.11. The van der Waals surface area contributed by atoms with E-state index >= 15 is 0 Å². The zero-order chi connectivity index (χ0) is 11.5. The summed E-state index contributed by atoms with van der Waals surface area (Å²) in [6.07, 6.45) is 7.42. The zero-order valence-corrected chi connectivity index (χ0v) is 11.1. The first kappa shape index (κ1) is 11.6. The molecule has 2 aliphatic rings. The summed E-state index contributed by atoms with van der Waals surface area (Å²) in [6, 6.07) is 0.817. The van der Waals surface area contributed by atoms with Gasteiger partial charge in [0.05, 0.1) is 6.54 Å². The van der Waals surface area contributed by atoms with Crippen LogP contribution in [-0.4, -0.2) is 35.6 Å². The monoisotopic (exact) mass is 251 g/mol. The highest BCUT2D eigenvalue weighted by molar-refractivity contribution is 7.09. The Balaban J connectivity index is 1.47. The van der Waals surface area contributed by atoms with Crippen molar-refractivity contribution in [3.05, 3.63) is 16.6 Å². The van der Waals surface area contributed by atoms with E-state index in [0.717, 1.165) is 18.5 Å². The van der Waals surface area contributed by atoms with Gasteiger partial charge < -0.3 is 5.32 Å². The fourth-order valence-corrected chi connectivity index (χ4v) is 3.81. The summed E-state index contributed by atoms with van der Waals surface area (Å²) >= 11 is 1.78. The van der Waals surface area contributed by atoms with Crippen molar-refractivity contribution in [2.24, 2.45) is 5.92 Å². The van der Waals surface area contributed by atoms with Crippen LogP contribution in [0.25, 0.3) is 0 Å². The molecule has 0 aliphatic carbocycles. The summed E-state index contributed by atoms with van der Waals surface area (Å²) in [5, 5.41) is 7.00. The van der Waals surface area contributed by atoms with Crippen LogP contribution in [0.2, 0.25) is 0 Å². The lowest BCUT2D eigenvalue weighted by atomic mass is 9.88. The molecule has 3 nitrogen and oxygen atoms in total. The lowest BCUT2D eigenvalue weighted by Crippen LogP contribution is -2.40. The van der Waals surface area contributed by atoms with Crippen LogP contribution in [0.5, 0.6) is 0 Å². The summed E-state index contributed by atoms with van der Waals surface area (Å²) in [4.78, 5) is 6.93. The molecule has 0 bridgehead atoms. The van der Waals surface area contributed by atoms with Gasteiger partial charge in [-0.05, 0) is 51.2 Å². The molecule has 2 aliphatic heterocycles. The highest BCUT2D eigenvalue weighted by atomic mass is 32.1. The minimum absolute atomic E-state index is 0.817. The molecule has 3 rings (SSSR count). The predicted molar refractivity (Wildman–Crippen MR) is 71.1 cm³/mol. The largest absolute Gasteiger partial charge is 0.314 e. The first-order valence-electron chi connectivity index (χ1n) is 6.76. The maximum atomic E-state index is 4.37. The van der Waals surface area contributed by atoms with Crippen LogP contribution in [-0.2, 0) is 6.54 Å². The summed E-state index contributed by atoms with van der Waals surface area (Å²) in [6.45, 7) is 4.80. The number of likely N-dealkylation sites (tertiary alicyclic amines) is 1. The SMILES string of the molecule is c1csc(CN2CCC(C3CCCN3)CC2)n1. The van der Waals surface area contributed by atoms with E-state index in [4.69, 9.17) is 0 Å². The van der Waals surface area contributed by atoms with E-state index in [1.165, 1.54) is 50.3 Å². The Morgan fingerprint density at radius 1 is 1.35 bits per heavy atom. The van der Waals surface area contributed by atoms with E-state index in [0.29, 0.717) is 0 Å². The third-order valence-electron chi connectivity index (χ3n) is 4.14. The molecule has 0 spiro atoms. The quantitative estimate of drug-likeness (QED) is 0.892. The molecular weight excluding hydrogens is 230 g/mol. The standard InChI is InChI=1S/C13H21N3S/c1-2-12(14-5-1)11-3-7-16(8-4-11)10-13-15-6-9-17-13/h6,9,11-12,14H,1-5,7-8,10H2. The third kappa shape index (κ3) is 2.87. The van der Waals surface area contributed by atoms with Gasteiger partial charge >= 0.3 is 0 Å². The first-order chi connectivity index (χ1) is 8.42. The molecule has 0 amide bonds. The number of piperidine rings is 1. The average molecular weight is 251 g/mol. The van der Waals surface area contributed by atoms with Crippen LogP contribution in [0.15, 0.2) is 11.6 Å². The second kappa shape index (κ2) is 5.46. The van der Waals surface area contributed by atoms with Crippen molar-refractivity contribution in [2.45, 2.75) is 38.3 Å². The first-order valence-corrected chi connectivity index (χ1v) is 7.64. The Morgan fingerprint density at radius 3 is 2.88 bits per heavy atom. The Hall–Kier alpha value is -0.450. The summed E-state index contributed by atoms with van der Waals surface area (Å²) < 4.78 is 0. The van der Waals surface area contributed by atoms with Gasteiger partial charge in [0.15, 0.2) is 0 Å². The van der Waals surface area contributed by atoms with Gasteiger partial charge in [-0.2, -0.15) is 0 Å². The Bertz CT molecular complexity index is 324. The maximum absolute atomic E-state index is 4.37. The maximum Gasteiger partial charge on any atom is 0.107 e. The molecule has 1 aromatic rings. The molecule has 2 saturated heterocycles. The van der Waals surface area contributed by atoms with Crippen molar-refractivity contribution in [1.82, 2.24) is 15.2 Å². The Kier molecular flexibility index (Phi) is 3.74. The van der Waals surface area contributed by atoms with Crippen molar-refractivity contribution >= 4 is 11.3 Å². The van der Waals surface area contributed by atoms with E-state index in [-0.39, 0.29) is 0 Å². The Morgan fingerprint density at radius 2 is 2.24 bits per heavy atom. The Labute approximate surface area is 107 Å². The minimum Gasteiger partial charge on any atom is -0.314 e. The normalized spacial score (nSPS) is 27.6. The van der Waals surface area contributed by atoms with Gasteiger partial charge in [-0.15, -0.1) is 11.3 Å². The fraction of sp³-hybridized carbons (Fsp3) is 0.769. The molecule has 1 N–H and O–H groups in total. The van der Waals surface area contributed by atoms with E-state index in [1.807, 2.05) is 6.20 Å². The molecule has 2 fully saturated rings. The number of hydrogen-bond acceptors (Lipinski definition) is 4. The molecule has 94 valence electrons. The lowest BCUT2D eigenvalue weighted by molar-refractivity contribution is 0.157. The van der Waals surface area contributed by atoms with Crippen LogP contribution in [0.1, 0.15) is 30.7 Å². The van der Waals surface area contributed by atoms with E-state index < -0.39 is 0 Å². The highest BCUT2D eigenvalue weighted by Crippen LogP contribution is 2.26. The molecular formula is C13H21N3S. The van der Waals surface area contributed by atoms with Gasteiger partial charge in [-0.3, -0.25) is 4.90 Å². The molecule has 4 heteroatoms. The van der Waals surface area contributed by atoms with E-state index in [1.54, 1.807) is 11.3 Å². The number of rotatable bonds is 3. The summed E-state index contributed by atoms with van der Waals surface area (Å²) in [7, 11) is 0. The van der Waals surface area contributed by atoms with Crippen LogP contribution < -0.4 is 5.32 Å². The second-order valence-electron chi connectivity index (χ2n) is 5.24. The number of nitrogens with zero attached hydrogens (tertiary/aromatic N) is 2. The lowest BCUT2D eigenvalue weighted by Gasteiger charge is -2.34. The number of aromatic nitrogens is 1. The zero-order valence-electron chi connectivity index (χ0n) is 10.3. The third-order valence-corrected chi connectivity index (χ3v) is 4.91. The van der Waals surface area contributed by atoms with Gasteiger partial charge in [-0.25, -0.2) is 4.98 Å². The van der Waals surface area contributed by atoms with Crippen molar-refractivity contribution in [2.75, 3.05) is 19.6 Å². The topological polar surface area (TPSA) is 28.2 Å². The number of hydrogen-bond donors (Lipinski definition) is 1. The summed E-state index contributed by atoms with van der Waals surface area (Å²) in [5.41, 5.74) is 0. The molecule has 0 aromatic carbocycles. The molecule has 3 heterocycles. The van der Waals surface area contributed by atoms with Crippen molar-refractivity contribution < 1.29 is 0 Å². The van der Waals surface area contributed by atoms with Crippen molar-refractivity contribution in [3.8, 4) is 0 Å². The van der Waals surface area contributed by atoms with Crippen LogP contribution >= 0.6 is 11.3 Å². The fourth-order valence-electron chi connectivity index (χ4n) is 3.15. The second-order valence-corrected chi connectivity index (χ2v) is 6.22. The molecule has 0 saturated carbocycles. The summed E-state index contributed by atoms with van der Waals surface area (Å²) in [5.74, 6) is 0.921. The number of nitrogens with one attached hydrogen (secondary N) is 1. The molecule has 1 aromatic heterocycles. The van der Waals surface area contributed by atoms with E-state index in [9.17, 15) is 0 Å². The highest BCUT2D eigenvalue weighted by Gasteiger charge is 2.28. The van der Waals surface area contributed by atoms with Gasteiger partial charge in [0.25, 0.3) is 0 Å². The van der Waals surface area contributed by atoms with Gasteiger partial charge in [0, 0.05) is 17.6 Å². The average Bonchev–Trinajstić information content (AvgIpc) is 3.01. The van der Waals surface area contributed by atoms with Crippen LogP contribution in [0, 0.1) is 5.92 Å². The minimum atomic E-state index is 0.817.